The third kappa shape index (κ3) is 2.93. The van der Waals surface area contributed by atoms with Crippen LogP contribution in [0.4, 0.5) is 0 Å². The number of rotatable bonds is 5. The lowest BCUT2D eigenvalue weighted by atomic mass is 10.1. The largest absolute Gasteiger partial charge is 0.618 e. The van der Waals surface area contributed by atoms with Gasteiger partial charge in [0, 0.05) is 30.3 Å². The van der Waals surface area contributed by atoms with Gasteiger partial charge < -0.3 is 5.21 Å². The summed E-state index contributed by atoms with van der Waals surface area (Å²) in [6, 6.07) is 3.83. The van der Waals surface area contributed by atoms with E-state index in [4.69, 9.17) is 0 Å². The average Bonchev–Trinajstić information content (AvgIpc) is 2.35. The third-order valence-electron chi connectivity index (χ3n) is 3.04. The van der Waals surface area contributed by atoms with Gasteiger partial charge in [-0.15, -0.1) is 0 Å². The molecule has 0 aliphatic rings. The minimum atomic E-state index is 0.849. The van der Waals surface area contributed by atoms with E-state index < -0.39 is 0 Å². The van der Waals surface area contributed by atoms with Gasteiger partial charge in [-0.1, -0.05) is 26.2 Å². The number of unbranched alkanes of at least 4 members (excludes halogenated alkanes) is 3. The number of nitrogens with zero attached hydrogens (tertiary/aromatic N) is 2. The van der Waals surface area contributed by atoms with Crippen molar-refractivity contribution in [3.8, 4) is 0 Å². The van der Waals surface area contributed by atoms with Gasteiger partial charge in [0.25, 0.3) is 0 Å². The van der Waals surface area contributed by atoms with Crippen LogP contribution < -0.4 is 4.73 Å². The predicted octanol–water partition coefficient (Wildman–Crippen LogP) is 2.99. The first kappa shape index (κ1) is 11.8. The zero-order valence-corrected chi connectivity index (χ0v) is 10.2. The Hall–Kier alpha value is -1.64. The van der Waals surface area contributed by atoms with Gasteiger partial charge in [-0.25, -0.2) is 0 Å². The molecule has 0 aliphatic heterocycles. The number of hydrogen-bond donors (Lipinski definition) is 0. The Labute approximate surface area is 102 Å². The summed E-state index contributed by atoms with van der Waals surface area (Å²) in [4.78, 5) is 4.08. The van der Waals surface area contributed by atoms with Gasteiger partial charge in [0.05, 0.1) is 5.39 Å². The summed E-state index contributed by atoms with van der Waals surface area (Å²) in [5.41, 5.74) is 0.849. The van der Waals surface area contributed by atoms with Crippen molar-refractivity contribution in [1.29, 1.82) is 0 Å². The van der Waals surface area contributed by atoms with Crippen molar-refractivity contribution in [3.05, 3.63) is 41.6 Å². The normalized spacial score (nSPS) is 10.9. The second-order valence-electron chi connectivity index (χ2n) is 4.41. The molecule has 0 unspecified atom stereocenters. The molecule has 0 N–H and O–H groups in total. The summed E-state index contributed by atoms with van der Waals surface area (Å²) in [5, 5.41) is 13.8. The van der Waals surface area contributed by atoms with Crippen LogP contribution in [-0.2, 0) is 6.42 Å². The fraction of sp³-hybridized carbons (Fsp3) is 0.429. The SMILES string of the molecule is CCCCCCc1cc2cnccc2c[n+]1[O-]. The maximum absolute atomic E-state index is 11.8. The van der Waals surface area contributed by atoms with Crippen LogP contribution >= 0.6 is 0 Å². The van der Waals surface area contributed by atoms with Crippen molar-refractivity contribution in [1.82, 2.24) is 4.98 Å². The van der Waals surface area contributed by atoms with Crippen molar-refractivity contribution in [3.63, 3.8) is 0 Å². The standard InChI is InChI=1S/C14H18N2O/c1-2-3-4-5-6-14-9-13-10-15-8-7-12(13)11-16(14)17/h7-11H,2-6H2,1H3. The fourth-order valence-electron chi connectivity index (χ4n) is 2.02. The molecule has 0 spiro atoms. The Morgan fingerprint density at radius 1 is 1.24 bits per heavy atom. The van der Waals surface area contributed by atoms with Gasteiger partial charge >= 0.3 is 0 Å². The van der Waals surface area contributed by atoms with Gasteiger partial charge in [-0.3, -0.25) is 4.98 Å². The van der Waals surface area contributed by atoms with Gasteiger partial charge in [0.2, 0.25) is 0 Å². The lowest BCUT2D eigenvalue weighted by Crippen LogP contribution is -2.31. The molecule has 2 rings (SSSR count). The van der Waals surface area contributed by atoms with Crippen molar-refractivity contribution in [2.24, 2.45) is 0 Å². The zero-order chi connectivity index (χ0) is 12.1. The van der Waals surface area contributed by atoms with Gasteiger partial charge in [0.15, 0.2) is 11.9 Å². The fourth-order valence-corrected chi connectivity index (χ4v) is 2.02. The van der Waals surface area contributed by atoms with Crippen LogP contribution in [0.3, 0.4) is 0 Å². The first-order valence-electron chi connectivity index (χ1n) is 6.27. The Kier molecular flexibility index (Phi) is 3.91. The smallest absolute Gasteiger partial charge is 0.193 e. The number of aromatic nitrogens is 2. The van der Waals surface area contributed by atoms with E-state index in [1.807, 2.05) is 18.3 Å². The second kappa shape index (κ2) is 5.62. The summed E-state index contributed by atoms with van der Waals surface area (Å²) in [6.45, 7) is 2.19. The minimum Gasteiger partial charge on any atom is -0.618 e. The van der Waals surface area contributed by atoms with Crippen molar-refractivity contribution in [2.75, 3.05) is 0 Å². The van der Waals surface area contributed by atoms with Crippen molar-refractivity contribution < 1.29 is 4.73 Å². The molecule has 2 heterocycles. The van der Waals surface area contributed by atoms with E-state index in [1.54, 1.807) is 12.4 Å². The molecule has 2 aromatic heterocycles. The maximum Gasteiger partial charge on any atom is 0.193 e. The molecule has 3 heteroatoms. The van der Waals surface area contributed by atoms with E-state index in [0.717, 1.165) is 34.0 Å². The number of hydrogen-bond acceptors (Lipinski definition) is 2. The van der Waals surface area contributed by atoms with Gasteiger partial charge in [-0.2, -0.15) is 4.73 Å². The molecule has 0 saturated carbocycles. The summed E-state index contributed by atoms with van der Waals surface area (Å²) in [5.74, 6) is 0. The highest BCUT2D eigenvalue weighted by Gasteiger charge is 2.07. The van der Waals surface area contributed by atoms with Crippen LogP contribution in [0.2, 0.25) is 0 Å². The molecule has 90 valence electrons. The molecule has 0 bridgehead atoms. The first-order valence-corrected chi connectivity index (χ1v) is 6.27. The van der Waals surface area contributed by atoms with Gasteiger partial charge in [0.1, 0.15) is 0 Å². The summed E-state index contributed by atoms with van der Waals surface area (Å²) < 4.78 is 0.994. The molecule has 2 aromatic rings. The predicted molar refractivity (Wildman–Crippen MR) is 68.5 cm³/mol. The molecule has 0 aromatic carbocycles. The highest BCUT2D eigenvalue weighted by molar-refractivity contribution is 5.79. The van der Waals surface area contributed by atoms with Crippen LogP contribution in [0.25, 0.3) is 10.8 Å². The molecular formula is C14H18N2O. The monoisotopic (exact) mass is 230 g/mol. The molecule has 0 atom stereocenters. The minimum absolute atomic E-state index is 0.849. The van der Waals surface area contributed by atoms with E-state index in [9.17, 15) is 5.21 Å². The topological polar surface area (TPSA) is 39.8 Å². The van der Waals surface area contributed by atoms with Crippen LogP contribution in [0.1, 0.15) is 38.3 Å². The van der Waals surface area contributed by atoms with E-state index in [0.29, 0.717) is 0 Å². The molecule has 3 nitrogen and oxygen atoms in total. The Morgan fingerprint density at radius 2 is 2.12 bits per heavy atom. The summed E-state index contributed by atoms with van der Waals surface area (Å²) in [6.07, 6.45) is 10.8. The summed E-state index contributed by atoms with van der Waals surface area (Å²) in [7, 11) is 0. The number of aryl methyl sites for hydroxylation is 1. The number of fused-ring (bicyclic) bond motifs is 1. The molecular weight excluding hydrogens is 212 g/mol. The quantitative estimate of drug-likeness (QED) is 0.450. The molecule has 17 heavy (non-hydrogen) atoms. The van der Waals surface area contributed by atoms with Crippen LogP contribution in [0, 0.1) is 5.21 Å². The van der Waals surface area contributed by atoms with E-state index in [2.05, 4.69) is 11.9 Å². The lowest BCUT2D eigenvalue weighted by Gasteiger charge is -2.06. The highest BCUT2D eigenvalue weighted by Crippen LogP contribution is 2.12. The highest BCUT2D eigenvalue weighted by atomic mass is 16.5. The first-order chi connectivity index (χ1) is 8.31. The van der Waals surface area contributed by atoms with E-state index in [1.165, 1.54) is 19.3 Å². The third-order valence-corrected chi connectivity index (χ3v) is 3.04. The number of pyridine rings is 2. The Balaban J connectivity index is 2.14. The van der Waals surface area contributed by atoms with E-state index >= 15 is 0 Å². The van der Waals surface area contributed by atoms with Crippen LogP contribution in [0.15, 0.2) is 30.7 Å². The molecule has 0 aliphatic carbocycles. The van der Waals surface area contributed by atoms with E-state index in [-0.39, 0.29) is 0 Å². The van der Waals surface area contributed by atoms with Crippen LogP contribution in [-0.4, -0.2) is 4.98 Å². The molecule has 0 radical (unpaired) electrons. The second-order valence-corrected chi connectivity index (χ2v) is 4.41. The maximum atomic E-state index is 11.8. The Morgan fingerprint density at radius 3 is 2.94 bits per heavy atom. The van der Waals surface area contributed by atoms with Crippen LogP contribution in [0.5, 0.6) is 0 Å². The molecule has 0 fully saturated rings. The zero-order valence-electron chi connectivity index (χ0n) is 10.2. The summed E-state index contributed by atoms with van der Waals surface area (Å²) >= 11 is 0. The Bertz CT molecular complexity index is 497. The molecule has 0 amide bonds. The molecule has 0 saturated heterocycles. The van der Waals surface area contributed by atoms with Crippen molar-refractivity contribution >= 4 is 10.8 Å². The lowest BCUT2D eigenvalue weighted by molar-refractivity contribution is -0.612. The van der Waals surface area contributed by atoms with Crippen molar-refractivity contribution in [2.45, 2.75) is 39.0 Å². The average molecular weight is 230 g/mol. The van der Waals surface area contributed by atoms with Gasteiger partial charge in [-0.05, 0) is 12.5 Å².